The molecule has 2 aromatic carbocycles. The number of thiophene rings is 1. The van der Waals surface area contributed by atoms with Crippen molar-refractivity contribution in [2.75, 3.05) is 0 Å². The van der Waals surface area contributed by atoms with Gasteiger partial charge in [0.2, 0.25) is 5.79 Å². The van der Waals surface area contributed by atoms with E-state index in [-0.39, 0.29) is 12.4 Å². The lowest BCUT2D eigenvalue weighted by atomic mass is 9.87. The predicted octanol–water partition coefficient (Wildman–Crippen LogP) is 4.09. The van der Waals surface area contributed by atoms with Crippen LogP contribution in [0.4, 0.5) is 4.39 Å². The number of halogens is 2. The zero-order chi connectivity index (χ0) is 22.6. The Bertz CT molecular complexity index is 1150. The highest BCUT2D eigenvalue weighted by Crippen LogP contribution is 2.47. The molecule has 1 spiro atoms. The molecule has 8 heteroatoms. The van der Waals surface area contributed by atoms with Gasteiger partial charge < -0.3 is 24.8 Å². The number of fused-ring (bicyclic) bond motifs is 2. The molecule has 1 fully saturated rings. The van der Waals surface area contributed by atoms with Gasteiger partial charge in [-0.1, -0.05) is 28.1 Å². The number of benzene rings is 2. The lowest BCUT2D eigenvalue weighted by Gasteiger charge is -2.45. The Labute approximate surface area is 197 Å². The molecule has 0 amide bonds. The third kappa shape index (κ3) is 3.64. The van der Waals surface area contributed by atoms with E-state index in [1.165, 1.54) is 12.1 Å². The van der Waals surface area contributed by atoms with E-state index in [4.69, 9.17) is 9.47 Å². The van der Waals surface area contributed by atoms with Gasteiger partial charge in [0.25, 0.3) is 0 Å². The summed E-state index contributed by atoms with van der Waals surface area (Å²) in [7, 11) is 0. The van der Waals surface area contributed by atoms with E-state index >= 15 is 0 Å². The van der Waals surface area contributed by atoms with Gasteiger partial charge in [-0.2, -0.15) is 0 Å². The zero-order valence-electron chi connectivity index (χ0n) is 17.2. The lowest BCUT2D eigenvalue weighted by Crippen LogP contribution is -2.62. The van der Waals surface area contributed by atoms with Crippen LogP contribution in [0.25, 0.3) is 10.4 Å². The predicted molar refractivity (Wildman–Crippen MR) is 122 cm³/mol. The average molecular weight is 521 g/mol. The SMILES string of the molecule is C[C@H]1O[C@]2(OCc3cc(Br)c(Cc4ccc(-c5ccc(F)cc5)s4)cc32)[C@H](O)[C@@H](O)[C@@H]1O. The number of rotatable bonds is 3. The minimum atomic E-state index is -1.52. The Hall–Kier alpha value is -1.65. The fraction of sp³-hybridized carbons (Fsp3) is 0.333. The molecule has 5 rings (SSSR count). The summed E-state index contributed by atoms with van der Waals surface area (Å²) in [6, 6.07) is 14.4. The summed E-state index contributed by atoms with van der Waals surface area (Å²) in [5.41, 5.74) is 3.46. The van der Waals surface area contributed by atoms with Crippen molar-refractivity contribution in [1.82, 2.24) is 0 Å². The van der Waals surface area contributed by atoms with Crippen molar-refractivity contribution in [3.63, 3.8) is 0 Å². The van der Waals surface area contributed by atoms with Crippen molar-refractivity contribution in [3.05, 3.63) is 80.4 Å². The van der Waals surface area contributed by atoms with Crippen LogP contribution in [0.1, 0.15) is 28.5 Å². The second-order valence-corrected chi connectivity index (χ2v) is 10.3. The van der Waals surface area contributed by atoms with Gasteiger partial charge >= 0.3 is 0 Å². The molecule has 2 aliphatic heterocycles. The Morgan fingerprint density at radius 2 is 1.84 bits per heavy atom. The summed E-state index contributed by atoms with van der Waals surface area (Å²) < 4.78 is 26.0. The first-order chi connectivity index (χ1) is 15.3. The van der Waals surface area contributed by atoms with Gasteiger partial charge in [-0.25, -0.2) is 4.39 Å². The fourth-order valence-electron chi connectivity index (χ4n) is 4.38. The van der Waals surface area contributed by atoms with Crippen LogP contribution in [0.3, 0.4) is 0 Å². The number of aliphatic hydroxyl groups excluding tert-OH is 3. The van der Waals surface area contributed by atoms with Crippen LogP contribution in [0.5, 0.6) is 0 Å². The molecule has 0 aliphatic carbocycles. The Balaban J connectivity index is 1.46. The molecule has 0 saturated carbocycles. The highest BCUT2D eigenvalue weighted by atomic mass is 79.9. The van der Waals surface area contributed by atoms with Crippen molar-refractivity contribution in [1.29, 1.82) is 0 Å². The Morgan fingerprint density at radius 3 is 2.59 bits per heavy atom. The number of ether oxygens (including phenoxy) is 2. The number of hydrogen-bond acceptors (Lipinski definition) is 6. The van der Waals surface area contributed by atoms with Gasteiger partial charge in [-0.3, -0.25) is 0 Å². The smallest absolute Gasteiger partial charge is 0.225 e. The van der Waals surface area contributed by atoms with E-state index < -0.39 is 30.2 Å². The first kappa shape index (κ1) is 22.2. The number of aliphatic hydroxyl groups is 3. The second-order valence-electron chi connectivity index (χ2n) is 8.26. The maximum atomic E-state index is 13.2. The molecular weight excluding hydrogens is 499 g/mol. The fourth-order valence-corrected chi connectivity index (χ4v) is 5.95. The molecule has 0 bridgehead atoms. The third-order valence-corrected chi connectivity index (χ3v) is 8.02. The molecule has 0 unspecified atom stereocenters. The van der Waals surface area contributed by atoms with Gasteiger partial charge in [0.15, 0.2) is 0 Å². The first-order valence-electron chi connectivity index (χ1n) is 10.3. The Kier molecular flexibility index (Phi) is 5.74. The average Bonchev–Trinajstić information content (AvgIpc) is 3.37. The molecular formula is C24H22BrFO5S. The molecule has 3 aromatic rings. The molecule has 32 heavy (non-hydrogen) atoms. The van der Waals surface area contributed by atoms with Crippen molar-refractivity contribution in [2.24, 2.45) is 0 Å². The quantitative estimate of drug-likeness (QED) is 0.484. The standard InChI is InChI=1S/C24H22BrFO5S/c1-12-21(27)22(28)23(29)24(31-12)18-9-14(19(25)10-15(18)11-30-24)8-17-6-7-20(32-17)13-2-4-16(26)5-3-13/h2-7,9-10,12,21-23,27-29H,8,11H2,1H3/t12-,21-,22+,23-,24+/m1/s1. The molecule has 3 N–H and O–H groups in total. The van der Waals surface area contributed by atoms with E-state index in [2.05, 4.69) is 15.9 Å². The summed E-state index contributed by atoms with van der Waals surface area (Å²) in [4.78, 5) is 2.17. The van der Waals surface area contributed by atoms with Crippen molar-refractivity contribution in [3.8, 4) is 10.4 Å². The monoisotopic (exact) mass is 520 g/mol. The van der Waals surface area contributed by atoms with Gasteiger partial charge in [-0.15, -0.1) is 11.3 Å². The van der Waals surface area contributed by atoms with Crippen LogP contribution in [0.2, 0.25) is 0 Å². The van der Waals surface area contributed by atoms with Crippen LogP contribution < -0.4 is 0 Å². The van der Waals surface area contributed by atoms with E-state index in [1.54, 1.807) is 30.4 Å². The van der Waals surface area contributed by atoms with Crippen molar-refractivity contribution < 1.29 is 29.2 Å². The van der Waals surface area contributed by atoms with E-state index in [0.29, 0.717) is 12.0 Å². The topological polar surface area (TPSA) is 79.2 Å². The summed E-state index contributed by atoms with van der Waals surface area (Å²) >= 11 is 5.27. The molecule has 1 saturated heterocycles. The van der Waals surface area contributed by atoms with Crippen LogP contribution in [-0.4, -0.2) is 39.7 Å². The molecule has 3 heterocycles. The highest BCUT2D eigenvalue weighted by Gasteiger charge is 2.57. The second kappa shape index (κ2) is 8.29. The van der Waals surface area contributed by atoms with Crippen LogP contribution in [0.15, 0.2) is 53.0 Å². The van der Waals surface area contributed by atoms with Crippen LogP contribution >= 0.6 is 27.3 Å². The summed E-state index contributed by atoms with van der Waals surface area (Å²) in [6.45, 7) is 1.87. The third-order valence-electron chi connectivity index (χ3n) is 6.15. The highest BCUT2D eigenvalue weighted by molar-refractivity contribution is 9.10. The first-order valence-corrected chi connectivity index (χ1v) is 11.9. The summed E-state index contributed by atoms with van der Waals surface area (Å²) in [6.07, 6.45) is -4.08. The van der Waals surface area contributed by atoms with Gasteiger partial charge in [0.05, 0.1) is 12.7 Å². The lowest BCUT2D eigenvalue weighted by molar-refractivity contribution is -0.362. The molecule has 0 radical (unpaired) electrons. The minimum Gasteiger partial charge on any atom is -0.388 e. The maximum Gasteiger partial charge on any atom is 0.225 e. The van der Waals surface area contributed by atoms with Crippen LogP contribution in [-0.2, 0) is 28.3 Å². The summed E-state index contributed by atoms with van der Waals surface area (Å²) in [5.74, 6) is -1.78. The Morgan fingerprint density at radius 1 is 1.09 bits per heavy atom. The van der Waals surface area contributed by atoms with Gasteiger partial charge in [0.1, 0.15) is 24.1 Å². The van der Waals surface area contributed by atoms with Crippen molar-refractivity contribution >= 4 is 27.3 Å². The zero-order valence-corrected chi connectivity index (χ0v) is 19.6. The minimum absolute atomic E-state index is 0.231. The molecule has 168 valence electrons. The molecule has 5 atom stereocenters. The maximum absolute atomic E-state index is 13.2. The summed E-state index contributed by atoms with van der Waals surface area (Å²) in [5, 5.41) is 31.2. The van der Waals surface area contributed by atoms with Crippen molar-refractivity contribution in [2.45, 2.75) is 50.2 Å². The van der Waals surface area contributed by atoms with Gasteiger partial charge in [-0.05, 0) is 60.0 Å². The molecule has 1 aromatic heterocycles. The van der Waals surface area contributed by atoms with E-state index in [9.17, 15) is 19.7 Å². The molecule has 2 aliphatic rings. The normalized spacial score (nSPS) is 29.4. The van der Waals surface area contributed by atoms with Crippen LogP contribution in [0, 0.1) is 5.82 Å². The molecule has 5 nitrogen and oxygen atoms in total. The van der Waals surface area contributed by atoms with Gasteiger partial charge in [0, 0.05) is 26.2 Å². The van der Waals surface area contributed by atoms with E-state index in [1.807, 2.05) is 24.3 Å². The number of hydrogen-bond donors (Lipinski definition) is 3. The largest absolute Gasteiger partial charge is 0.388 e. The van der Waals surface area contributed by atoms with E-state index in [0.717, 1.165) is 30.9 Å².